The Morgan fingerprint density at radius 2 is 2.35 bits per heavy atom. The highest BCUT2D eigenvalue weighted by Gasteiger charge is 2.31. The van der Waals surface area contributed by atoms with E-state index in [2.05, 4.69) is 26.2 Å². The van der Waals surface area contributed by atoms with Crippen LogP contribution in [0.15, 0.2) is 16.7 Å². The van der Waals surface area contributed by atoms with Gasteiger partial charge in [-0.15, -0.1) is 0 Å². The number of anilines is 2. The first kappa shape index (κ1) is 13.9. The van der Waals surface area contributed by atoms with Crippen LogP contribution < -0.4 is 11.1 Å². The van der Waals surface area contributed by atoms with Crippen molar-refractivity contribution in [1.29, 1.82) is 0 Å². The SMILES string of the molecule is CCC(C)(OC)C(=O)Nc1ncc(N)cc1Br. The van der Waals surface area contributed by atoms with Crippen molar-refractivity contribution in [1.82, 2.24) is 4.98 Å². The Bertz CT molecular complexity index is 419. The zero-order chi connectivity index (χ0) is 13.1. The van der Waals surface area contributed by atoms with E-state index < -0.39 is 5.60 Å². The lowest BCUT2D eigenvalue weighted by atomic mass is 10.0. The van der Waals surface area contributed by atoms with E-state index in [0.717, 1.165) is 0 Å². The molecule has 1 unspecified atom stereocenters. The lowest BCUT2D eigenvalue weighted by Gasteiger charge is -2.25. The summed E-state index contributed by atoms with van der Waals surface area (Å²) in [5.74, 6) is 0.196. The molecule has 6 heteroatoms. The Morgan fingerprint density at radius 1 is 1.71 bits per heavy atom. The van der Waals surface area contributed by atoms with Gasteiger partial charge < -0.3 is 15.8 Å². The van der Waals surface area contributed by atoms with E-state index >= 15 is 0 Å². The number of carbonyl (C=O) groups is 1. The maximum atomic E-state index is 12.0. The monoisotopic (exact) mass is 301 g/mol. The molecule has 0 radical (unpaired) electrons. The van der Waals surface area contributed by atoms with Gasteiger partial charge in [-0.2, -0.15) is 0 Å². The lowest BCUT2D eigenvalue weighted by molar-refractivity contribution is -0.136. The smallest absolute Gasteiger partial charge is 0.257 e. The predicted octanol–water partition coefficient (Wildman–Crippen LogP) is 2.18. The van der Waals surface area contributed by atoms with Crippen LogP contribution in [0, 0.1) is 0 Å². The van der Waals surface area contributed by atoms with Gasteiger partial charge in [-0.05, 0) is 35.3 Å². The molecule has 0 fully saturated rings. The molecular formula is C11H16BrN3O2. The highest BCUT2D eigenvalue weighted by Crippen LogP contribution is 2.24. The van der Waals surface area contributed by atoms with E-state index in [-0.39, 0.29) is 5.91 Å². The molecule has 0 aliphatic rings. The Labute approximate surface area is 109 Å². The van der Waals surface area contributed by atoms with Crippen LogP contribution in [0.4, 0.5) is 11.5 Å². The number of aromatic nitrogens is 1. The maximum Gasteiger partial charge on any atom is 0.257 e. The fourth-order valence-corrected chi connectivity index (χ4v) is 1.65. The number of amides is 1. The molecule has 3 N–H and O–H groups in total. The van der Waals surface area contributed by atoms with Gasteiger partial charge >= 0.3 is 0 Å². The summed E-state index contributed by atoms with van der Waals surface area (Å²) in [7, 11) is 1.51. The van der Waals surface area contributed by atoms with Crippen LogP contribution in [-0.2, 0) is 9.53 Å². The minimum absolute atomic E-state index is 0.236. The van der Waals surface area contributed by atoms with E-state index in [1.807, 2.05) is 6.92 Å². The van der Waals surface area contributed by atoms with Gasteiger partial charge in [0.1, 0.15) is 11.4 Å². The molecule has 1 aromatic rings. The zero-order valence-electron chi connectivity index (χ0n) is 10.1. The molecule has 5 nitrogen and oxygen atoms in total. The van der Waals surface area contributed by atoms with Crippen LogP contribution in [0.3, 0.4) is 0 Å². The number of pyridine rings is 1. The summed E-state index contributed by atoms with van der Waals surface area (Å²) < 4.78 is 5.84. The second-order valence-electron chi connectivity index (χ2n) is 3.84. The number of hydrogen-bond donors (Lipinski definition) is 2. The van der Waals surface area contributed by atoms with Crippen molar-refractivity contribution in [2.24, 2.45) is 0 Å². The third-order valence-electron chi connectivity index (χ3n) is 2.70. The summed E-state index contributed by atoms with van der Waals surface area (Å²) in [5, 5.41) is 2.70. The Kier molecular flexibility index (Phi) is 4.47. The van der Waals surface area contributed by atoms with E-state index in [1.165, 1.54) is 13.3 Å². The van der Waals surface area contributed by atoms with E-state index in [1.54, 1.807) is 13.0 Å². The van der Waals surface area contributed by atoms with Gasteiger partial charge in [-0.1, -0.05) is 6.92 Å². The van der Waals surface area contributed by atoms with Gasteiger partial charge in [0, 0.05) is 7.11 Å². The number of nitrogens with one attached hydrogen (secondary N) is 1. The average molecular weight is 302 g/mol. The summed E-state index contributed by atoms with van der Waals surface area (Å²) in [5.41, 5.74) is 5.24. The predicted molar refractivity (Wildman–Crippen MR) is 70.7 cm³/mol. The van der Waals surface area contributed by atoms with Crippen LogP contribution in [0.25, 0.3) is 0 Å². The molecule has 0 spiro atoms. The Hall–Kier alpha value is -1.14. The molecule has 94 valence electrons. The molecule has 1 aromatic heterocycles. The van der Waals surface area contributed by atoms with Crippen molar-refractivity contribution in [2.45, 2.75) is 25.9 Å². The third-order valence-corrected chi connectivity index (χ3v) is 3.30. The molecule has 0 bridgehead atoms. The highest BCUT2D eigenvalue weighted by atomic mass is 79.9. The van der Waals surface area contributed by atoms with Crippen molar-refractivity contribution in [2.75, 3.05) is 18.2 Å². The van der Waals surface area contributed by atoms with Gasteiger partial charge in [0.2, 0.25) is 0 Å². The van der Waals surface area contributed by atoms with Crippen molar-refractivity contribution in [3.63, 3.8) is 0 Å². The normalized spacial score (nSPS) is 14.1. The van der Waals surface area contributed by atoms with E-state index in [0.29, 0.717) is 22.4 Å². The second-order valence-corrected chi connectivity index (χ2v) is 4.70. The van der Waals surface area contributed by atoms with Crippen molar-refractivity contribution < 1.29 is 9.53 Å². The fraction of sp³-hybridized carbons (Fsp3) is 0.455. The fourth-order valence-electron chi connectivity index (χ4n) is 1.18. The summed E-state index contributed by atoms with van der Waals surface area (Å²) in [4.78, 5) is 16.0. The van der Waals surface area contributed by atoms with Crippen molar-refractivity contribution in [3.05, 3.63) is 16.7 Å². The van der Waals surface area contributed by atoms with Gasteiger partial charge in [0.15, 0.2) is 0 Å². The minimum atomic E-state index is -0.859. The highest BCUT2D eigenvalue weighted by molar-refractivity contribution is 9.10. The molecule has 1 atom stereocenters. The first-order chi connectivity index (χ1) is 7.92. The number of nitrogens with zero attached hydrogens (tertiary/aromatic N) is 1. The standard InChI is InChI=1S/C11H16BrN3O2/c1-4-11(2,17-3)10(16)15-9-8(12)5-7(13)6-14-9/h5-6H,4,13H2,1-3H3,(H,14,15,16). The maximum absolute atomic E-state index is 12.0. The number of rotatable bonds is 4. The molecule has 1 amide bonds. The van der Waals surface area contributed by atoms with Crippen LogP contribution in [0.5, 0.6) is 0 Å². The lowest BCUT2D eigenvalue weighted by Crippen LogP contribution is -2.41. The first-order valence-electron chi connectivity index (χ1n) is 5.20. The van der Waals surface area contributed by atoms with Crippen LogP contribution in [-0.4, -0.2) is 23.6 Å². The number of hydrogen-bond acceptors (Lipinski definition) is 4. The van der Waals surface area contributed by atoms with Gasteiger partial charge in [0.05, 0.1) is 16.4 Å². The first-order valence-corrected chi connectivity index (χ1v) is 6.00. The topological polar surface area (TPSA) is 77.2 Å². The summed E-state index contributed by atoms with van der Waals surface area (Å²) in [6.07, 6.45) is 2.05. The van der Waals surface area contributed by atoms with Gasteiger partial charge in [-0.3, -0.25) is 4.79 Å². The molecule has 0 aliphatic heterocycles. The van der Waals surface area contributed by atoms with Crippen LogP contribution in [0.2, 0.25) is 0 Å². The molecule has 1 heterocycles. The number of methoxy groups -OCH3 is 1. The molecule has 0 aliphatic carbocycles. The average Bonchev–Trinajstić information content (AvgIpc) is 2.31. The number of ether oxygens (including phenoxy) is 1. The number of carbonyl (C=O) groups excluding carboxylic acids is 1. The largest absolute Gasteiger partial charge is 0.397 e. The molecule has 1 rings (SSSR count). The number of halogens is 1. The van der Waals surface area contributed by atoms with Gasteiger partial charge in [-0.25, -0.2) is 4.98 Å². The molecule has 17 heavy (non-hydrogen) atoms. The summed E-state index contributed by atoms with van der Waals surface area (Å²) in [6, 6.07) is 1.68. The van der Waals surface area contributed by atoms with Crippen LogP contribution in [0.1, 0.15) is 20.3 Å². The molecular weight excluding hydrogens is 286 g/mol. The molecule has 0 saturated heterocycles. The van der Waals surface area contributed by atoms with E-state index in [9.17, 15) is 4.79 Å². The minimum Gasteiger partial charge on any atom is -0.397 e. The number of nitrogen functional groups attached to an aromatic ring is 1. The molecule has 0 saturated carbocycles. The Morgan fingerprint density at radius 3 is 2.82 bits per heavy atom. The van der Waals surface area contributed by atoms with E-state index in [4.69, 9.17) is 10.5 Å². The third kappa shape index (κ3) is 3.17. The quantitative estimate of drug-likeness (QED) is 0.893. The zero-order valence-corrected chi connectivity index (χ0v) is 11.7. The van der Waals surface area contributed by atoms with Crippen molar-refractivity contribution in [3.8, 4) is 0 Å². The summed E-state index contributed by atoms with van der Waals surface area (Å²) >= 11 is 3.29. The summed E-state index contributed by atoms with van der Waals surface area (Å²) in [6.45, 7) is 3.61. The number of nitrogens with two attached hydrogens (primary N) is 1. The van der Waals surface area contributed by atoms with Gasteiger partial charge in [0.25, 0.3) is 5.91 Å². The second kappa shape index (κ2) is 5.46. The Balaban J connectivity index is 2.88. The molecule has 0 aromatic carbocycles. The van der Waals surface area contributed by atoms with Crippen LogP contribution >= 0.6 is 15.9 Å². The van der Waals surface area contributed by atoms with Crippen molar-refractivity contribution >= 4 is 33.3 Å².